The van der Waals surface area contributed by atoms with Gasteiger partial charge in [0.25, 0.3) is 5.91 Å². The highest BCUT2D eigenvalue weighted by Gasteiger charge is 2.24. The van der Waals surface area contributed by atoms with E-state index in [-0.39, 0.29) is 17.6 Å². The Bertz CT molecular complexity index is 1190. The molecule has 0 atom stereocenters. The number of aryl methyl sites for hydroxylation is 1. The first-order chi connectivity index (χ1) is 15.6. The highest BCUT2D eigenvalue weighted by atomic mass is 32.1. The number of fused-ring (bicyclic) bond motifs is 1. The van der Waals surface area contributed by atoms with Crippen molar-refractivity contribution in [1.82, 2.24) is 10.3 Å². The fourth-order valence-electron chi connectivity index (χ4n) is 3.93. The van der Waals surface area contributed by atoms with Crippen LogP contribution in [0.1, 0.15) is 21.7 Å². The normalized spacial score (nSPS) is 15.8. The monoisotopic (exact) mass is 451 g/mol. The average molecular weight is 452 g/mol. The molecule has 0 bridgehead atoms. The van der Waals surface area contributed by atoms with Gasteiger partial charge in [0.1, 0.15) is 10.7 Å². The largest absolute Gasteiger partial charge is 0.346 e. The van der Waals surface area contributed by atoms with Gasteiger partial charge in [-0.05, 0) is 42.3 Å². The van der Waals surface area contributed by atoms with Gasteiger partial charge in [-0.15, -0.1) is 0 Å². The van der Waals surface area contributed by atoms with E-state index in [4.69, 9.17) is 4.98 Å². The third kappa shape index (κ3) is 4.21. The van der Waals surface area contributed by atoms with Crippen molar-refractivity contribution < 1.29 is 14.0 Å². The molecule has 3 heterocycles. The number of nitrogens with zero attached hydrogens (tertiary/aromatic N) is 2. The van der Waals surface area contributed by atoms with Crippen LogP contribution in [0.15, 0.2) is 42.5 Å². The van der Waals surface area contributed by atoms with Crippen molar-refractivity contribution in [2.24, 2.45) is 0 Å². The van der Waals surface area contributed by atoms with Gasteiger partial charge in [0, 0.05) is 49.5 Å². The first kappa shape index (κ1) is 20.6. The van der Waals surface area contributed by atoms with Gasteiger partial charge >= 0.3 is 0 Å². The van der Waals surface area contributed by atoms with E-state index in [2.05, 4.69) is 20.9 Å². The Morgan fingerprint density at radius 2 is 1.97 bits per heavy atom. The maximum Gasteiger partial charge on any atom is 0.268 e. The van der Waals surface area contributed by atoms with Crippen LogP contribution in [0.4, 0.5) is 20.9 Å². The standard InChI is InChI=1S/C23H22FN5O2S/c24-16-3-1-2-15(12-16)20-21(32-23(28-20)29-10-8-25-9-11-29)22(31)26-17-5-6-18-14(13-17)4-7-19(30)27-18/h1-3,5-6,12-13,25H,4,7-11H2,(H,26,31)(H,27,30). The summed E-state index contributed by atoms with van der Waals surface area (Å²) < 4.78 is 13.9. The minimum absolute atomic E-state index is 0.000812. The second-order valence-electron chi connectivity index (χ2n) is 7.80. The lowest BCUT2D eigenvalue weighted by atomic mass is 10.0. The van der Waals surface area contributed by atoms with E-state index in [0.717, 1.165) is 42.6 Å². The van der Waals surface area contributed by atoms with E-state index in [1.165, 1.54) is 23.5 Å². The Kier molecular flexibility index (Phi) is 5.59. The number of halogens is 1. The van der Waals surface area contributed by atoms with E-state index >= 15 is 0 Å². The molecular weight excluding hydrogens is 429 g/mol. The van der Waals surface area contributed by atoms with Crippen LogP contribution >= 0.6 is 11.3 Å². The van der Waals surface area contributed by atoms with Crippen LogP contribution in [0.2, 0.25) is 0 Å². The summed E-state index contributed by atoms with van der Waals surface area (Å²) >= 11 is 1.32. The van der Waals surface area contributed by atoms with Crippen LogP contribution in [0, 0.1) is 5.82 Å². The molecule has 0 aliphatic carbocycles. The molecule has 0 radical (unpaired) electrons. The molecule has 2 aromatic carbocycles. The SMILES string of the molecule is O=C1CCc2cc(NC(=O)c3sc(N4CCNCC4)nc3-c3cccc(F)c3)ccc2N1. The average Bonchev–Trinajstić information content (AvgIpc) is 3.26. The van der Waals surface area contributed by atoms with Crippen molar-refractivity contribution in [2.45, 2.75) is 12.8 Å². The molecule has 0 unspecified atom stereocenters. The summed E-state index contributed by atoms with van der Waals surface area (Å²) in [5, 5.41) is 9.86. The molecule has 32 heavy (non-hydrogen) atoms. The zero-order valence-corrected chi connectivity index (χ0v) is 18.1. The van der Waals surface area contributed by atoms with Gasteiger partial charge in [-0.25, -0.2) is 9.37 Å². The molecule has 3 N–H and O–H groups in total. The molecule has 0 spiro atoms. The summed E-state index contributed by atoms with van der Waals surface area (Å²) in [5.41, 5.74) is 3.45. The lowest BCUT2D eigenvalue weighted by Gasteiger charge is -2.26. The zero-order valence-electron chi connectivity index (χ0n) is 17.3. The molecule has 1 fully saturated rings. The number of hydrogen-bond donors (Lipinski definition) is 3. The maximum absolute atomic E-state index is 13.9. The van der Waals surface area contributed by atoms with Crippen molar-refractivity contribution in [3.8, 4) is 11.3 Å². The Labute approximate surface area is 188 Å². The van der Waals surface area contributed by atoms with Gasteiger partial charge in [0.2, 0.25) is 5.91 Å². The number of piperazine rings is 1. The minimum Gasteiger partial charge on any atom is -0.346 e. The number of benzene rings is 2. The fraction of sp³-hybridized carbons (Fsp3) is 0.261. The molecule has 2 aliphatic rings. The van der Waals surface area contributed by atoms with E-state index in [1.807, 2.05) is 6.07 Å². The van der Waals surface area contributed by atoms with E-state index < -0.39 is 0 Å². The summed E-state index contributed by atoms with van der Waals surface area (Å²) in [4.78, 5) is 32.2. The Morgan fingerprint density at radius 3 is 2.78 bits per heavy atom. The van der Waals surface area contributed by atoms with Crippen molar-refractivity contribution in [3.05, 3.63) is 58.7 Å². The van der Waals surface area contributed by atoms with Gasteiger partial charge in [0.15, 0.2) is 5.13 Å². The third-order valence-corrected chi connectivity index (χ3v) is 6.68. The summed E-state index contributed by atoms with van der Waals surface area (Å²) in [6.45, 7) is 3.30. The zero-order chi connectivity index (χ0) is 22.1. The van der Waals surface area contributed by atoms with Crippen LogP contribution in [-0.2, 0) is 11.2 Å². The highest BCUT2D eigenvalue weighted by molar-refractivity contribution is 7.18. The van der Waals surface area contributed by atoms with Gasteiger partial charge in [-0.3, -0.25) is 9.59 Å². The molecule has 9 heteroatoms. The number of thiazole rings is 1. The van der Waals surface area contributed by atoms with E-state index in [0.29, 0.717) is 34.7 Å². The molecule has 2 aliphatic heterocycles. The lowest BCUT2D eigenvalue weighted by molar-refractivity contribution is -0.116. The number of hydrogen-bond acceptors (Lipinski definition) is 6. The fourth-order valence-corrected chi connectivity index (χ4v) is 4.97. The summed E-state index contributed by atoms with van der Waals surface area (Å²) in [6.07, 6.45) is 1.06. The molecule has 7 nitrogen and oxygen atoms in total. The Hall–Kier alpha value is -3.30. The number of nitrogens with one attached hydrogen (secondary N) is 3. The predicted molar refractivity (Wildman–Crippen MR) is 124 cm³/mol. The van der Waals surface area contributed by atoms with E-state index in [1.54, 1.807) is 24.3 Å². The topological polar surface area (TPSA) is 86.4 Å². The highest BCUT2D eigenvalue weighted by Crippen LogP contribution is 2.35. The van der Waals surface area contributed by atoms with Gasteiger partial charge in [-0.2, -0.15) is 0 Å². The number of aromatic nitrogens is 1. The van der Waals surface area contributed by atoms with Crippen molar-refractivity contribution >= 4 is 39.7 Å². The molecule has 1 saturated heterocycles. The molecule has 2 amide bonds. The summed E-state index contributed by atoms with van der Waals surface area (Å²) in [5.74, 6) is -0.663. The van der Waals surface area contributed by atoms with Crippen molar-refractivity contribution in [2.75, 3.05) is 41.7 Å². The molecule has 0 saturated carbocycles. The quantitative estimate of drug-likeness (QED) is 0.565. The lowest BCUT2D eigenvalue weighted by Crippen LogP contribution is -2.43. The van der Waals surface area contributed by atoms with Crippen LogP contribution < -0.4 is 20.9 Å². The van der Waals surface area contributed by atoms with Crippen LogP contribution in [-0.4, -0.2) is 43.0 Å². The second-order valence-corrected chi connectivity index (χ2v) is 8.77. The molecule has 164 valence electrons. The number of carbonyl (C=O) groups excluding carboxylic acids is 2. The second kappa shape index (κ2) is 8.68. The summed E-state index contributed by atoms with van der Waals surface area (Å²) in [7, 11) is 0. The smallest absolute Gasteiger partial charge is 0.268 e. The minimum atomic E-state index is -0.373. The number of anilines is 3. The van der Waals surface area contributed by atoms with Crippen LogP contribution in [0.3, 0.4) is 0 Å². The molecule has 5 rings (SSSR count). The third-order valence-electron chi connectivity index (χ3n) is 5.57. The number of amides is 2. The van der Waals surface area contributed by atoms with E-state index in [9.17, 15) is 14.0 Å². The molecular formula is C23H22FN5O2S. The number of carbonyl (C=O) groups is 2. The van der Waals surface area contributed by atoms with Gasteiger partial charge in [0.05, 0.1) is 5.69 Å². The van der Waals surface area contributed by atoms with Gasteiger partial charge in [-0.1, -0.05) is 23.5 Å². The Morgan fingerprint density at radius 1 is 1.12 bits per heavy atom. The molecule has 3 aromatic rings. The first-order valence-corrected chi connectivity index (χ1v) is 11.3. The van der Waals surface area contributed by atoms with Gasteiger partial charge < -0.3 is 20.9 Å². The Balaban J connectivity index is 1.46. The summed E-state index contributed by atoms with van der Waals surface area (Å²) in [6, 6.07) is 11.6. The van der Waals surface area contributed by atoms with Crippen LogP contribution in [0.5, 0.6) is 0 Å². The first-order valence-electron chi connectivity index (χ1n) is 10.5. The van der Waals surface area contributed by atoms with Crippen LogP contribution in [0.25, 0.3) is 11.3 Å². The molecule has 1 aromatic heterocycles. The number of rotatable bonds is 4. The van der Waals surface area contributed by atoms with Crippen molar-refractivity contribution in [3.63, 3.8) is 0 Å². The van der Waals surface area contributed by atoms with Crippen molar-refractivity contribution in [1.29, 1.82) is 0 Å². The maximum atomic E-state index is 13.9. The predicted octanol–water partition coefficient (Wildman–Crippen LogP) is 3.50.